The van der Waals surface area contributed by atoms with Crippen molar-refractivity contribution in [2.24, 2.45) is 11.8 Å². The lowest BCUT2D eigenvalue weighted by atomic mass is 10.0. The number of nitrogen functional groups attached to an aromatic ring is 1. The molecule has 0 spiro atoms. The monoisotopic (exact) mass is 463 g/mol. The van der Waals surface area contributed by atoms with Gasteiger partial charge in [-0.3, -0.25) is 9.58 Å². The van der Waals surface area contributed by atoms with Crippen LogP contribution in [0.2, 0.25) is 0 Å². The van der Waals surface area contributed by atoms with E-state index in [1.165, 1.54) is 19.0 Å². The molecule has 3 aliphatic rings. The fraction of sp³-hybridized carbons (Fsp3) is 0.667. The molecule has 3 heterocycles. The van der Waals surface area contributed by atoms with Crippen LogP contribution >= 0.6 is 0 Å². The van der Waals surface area contributed by atoms with Gasteiger partial charge in [-0.2, -0.15) is 18.3 Å². The number of pyridine rings is 1. The molecule has 5 rings (SSSR count). The molecule has 4 unspecified atom stereocenters. The van der Waals surface area contributed by atoms with E-state index in [0.717, 1.165) is 37.9 Å². The first-order chi connectivity index (χ1) is 15.7. The van der Waals surface area contributed by atoms with Crippen molar-refractivity contribution in [3.63, 3.8) is 0 Å². The Balaban J connectivity index is 1.40. The van der Waals surface area contributed by atoms with Gasteiger partial charge in [-0.05, 0) is 57.1 Å². The molecule has 0 bridgehead atoms. The van der Waals surface area contributed by atoms with Crippen molar-refractivity contribution in [3.05, 3.63) is 29.6 Å². The highest BCUT2D eigenvalue weighted by Crippen LogP contribution is 2.64. The Bertz CT molecular complexity index is 1010. The summed E-state index contributed by atoms with van der Waals surface area (Å²) in [5.74, 6) is 1.16. The number of halogens is 3. The summed E-state index contributed by atoms with van der Waals surface area (Å²) in [6.45, 7) is 9.05. The van der Waals surface area contributed by atoms with Crippen molar-refractivity contribution >= 4 is 5.82 Å². The lowest BCUT2D eigenvalue weighted by Gasteiger charge is -2.38. The van der Waals surface area contributed by atoms with Crippen LogP contribution in [0.1, 0.15) is 63.3 Å². The summed E-state index contributed by atoms with van der Waals surface area (Å²) in [6, 6.07) is 4.28. The highest BCUT2D eigenvalue weighted by Gasteiger charge is 2.59. The third-order valence-corrected chi connectivity index (χ3v) is 7.94. The predicted molar refractivity (Wildman–Crippen MR) is 120 cm³/mol. The van der Waals surface area contributed by atoms with Crippen molar-refractivity contribution < 1.29 is 17.9 Å². The zero-order valence-corrected chi connectivity index (χ0v) is 19.3. The number of alkyl halides is 3. The summed E-state index contributed by atoms with van der Waals surface area (Å²) < 4.78 is 47.7. The average Bonchev–Trinajstić information content (AvgIpc) is 3.12. The molecule has 1 aliphatic heterocycles. The highest BCUT2D eigenvalue weighted by atomic mass is 19.4. The number of nitrogens with two attached hydrogens (primary N) is 1. The molecular formula is C24H32F3N5O. The maximum Gasteiger partial charge on any atom is 0.419 e. The lowest BCUT2D eigenvalue weighted by Crippen LogP contribution is -2.49. The molecule has 2 N–H and O–H groups in total. The summed E-state index contributed by atoms with van der Waals surface area (Å²) in [7, 11) is 0. The first-order valence-electron chi connectivity index (χ1n) is 11.9. The van der Waals surface area contributed by atoms with Gasteiger partial charge in [0.2, 0.25) is 0 Å². The Kier molecular flexibility index (Phi) is 5.68. The number of fused-ring (bicyclic) bond motifs is 1. The van der Waals surface area contributed by atoms with E-state index in [1.54, 1.807) is 0 Å². The van der Waals surface area contributed by atoms with E-state index in [2.05, 4.69) is 30.7 Å². The van der Waals surface area contributed by atoms with E-state index >= 15 is 0 Å². The highest BCUT2D eigenvalue weighted by molar-refractivity contribution is 5.63. The van der Waals surface area contributed by atoms with Gasteiger partial charge in [0.25, 0.3) is 0 Å². The molecule has 2 aliphatic carbocycles. The summed E-state index contributed by atoms with van der Waals surface area (Å²) in [5, 5.41) is 4.76. The molecule has 2 saturated carbocycles. The number of aromatic nitrogens is 3. The fourth-order valence-electron chi connectivity index (χ4n) is 5.97. The van der Waals surface area contributed by atoms with E-state index in [0.29, 0.717) is 41.1 Å². The minimum atomic E-state index is -4.55. The van der Waals surface area contributed by atoms with Gasteiger partial charge in [0.1, 0.15) is 5.82 Å². The zero-order chi connectivity index (χ0) is 23.5. The minimum absolute atomic E-state index is 0.175. The number of rotatable bonds is 5. The van der Waals surface area contributed by atoms with E-state index in [-0.39, 0.29) is 6.04 Å². The number of nitrogens with zero attached hydrogens (tertiary/aromatic N) is 4. The van der Waals surface area contributed by atoms with Crippen LogP contribution in [0, 0.1) is 11.8 Å². The second-order valence-corrected chi connectivity index (χ2v) is 9.95. The summed E-state index contributed by atoms with van der Waals surface area (Å²) >= 11 is 0. The molecule has 2 aromatic heterocycles. The molecule has 4 atom stereocenters. The second-order valence-electron chi connectivity index (χ2n) is 9.95. The van der Waals surface area contributed by atoms with Gasteiger partial charge in [0.15, 0.2) is 0 Å². The number of morpholine rings is 1. The fourth-order valence-corrected chi connectivity index (χ4v) is 5.97. The molecular weight excluding hydrogens is 431 g/mol. The van der Waals surface area contributed by atoms with Crippen molar-refractivity contribution in [2.75, 3.05) is 25.5 Å². The molecule has 3 fully saturated rings. The van der Waals surface area contributed by atoms with Crippen molar-refractivity contribution in [2.45, 2.75) is 70.3 Å². The summed E-state index contributed by atoms with van der Waals surface area (Å²) in [5.41, 5.74) is 6.62. The number of hydrogen-bond acceptors (Lipinski definition) is 5. The Labute approximate surface area is 192 Å². The number of ether oxygens (including phenoxy) is 1. The largest absolute Gasteiger partial charge is 0.419 e. The minimum Gasteiger partial charge on any atom is -0.383 e. The van der Waals surface area contributed by atoms with Gasteiger partial charge in [-0.1, -0.05) is 6.92 Å². The van der Waals surface area contributed by atoms with Gasteiger partial charge in [0, 0.05) is 48.0 Å². The smallest absolute Gasteiger partial charge is 0.383 e. The van der Waals surface area contributed by atoms with Crippen LogP contribution in [-0.4, -0.2) is 51.5 Å². The van der Waals surface area contributed by atoms with Crippen molar-refractivity contribution in [1.29, 1.82) is 0 Å². The molecule has 1 saturated heterocycles. The molecule has 0 radical (unpaired) electrons. The standard InChI is InChI=1S/C24H32F3N5O/c1-4-13(2)32-21(10-20(30-32)15-7-19(24(25,26)27)23(28)29-11-15)22-17-8-16(9-18(17)22)31-5-6-33-12-14(31)3/h7,10-11,13-14,16-18,22H,4-6,8-9,12H2,1-3H3,(H2,28,29). The average molecular weight is 464 g/mol. The predicted octanol–water partition coefficient (Wildman–Crippen LogP) is 4.73. The van der Waals surface area contributed by atoms with Crippen LogP contribution < -0.4 is 5.73 Å². The zero-order valence-electron chi connectivity index (χ0n) is 19.3. The molecule has 6 nitrogen and oxygen atoms in total. The maximum absolute atomic E-state index is 13.4. The van der Waals surface area contributed by atoms with Gasteiger partial charge in [0.05, 0.1) is 24.5 Å². The Morgan fingerprint density at radius 3 is 2.61 bits per heavy atom. The Hall–Kier alpha value is -2.13. The van der Waals surface area contributed by atoms with Crippen LogP contribution in [0.25, 0.3) is 11.3 Å². The van der Waals surface area contributed by atoms with Crippen LogP contribution in [-0.2, 0) is 10.9 Å². The van der Waals surface area contributed by atoms with E-state index < -0.39 is 17.6 Å². The number of anilines is 1. The Morgan fingerprint density at radius 1 is 1.24 bits per heavy atom. The van der Waals surface area contributed by atoms with Gasteiger partial charge in [-0.15, -0.1) is 0 Å². The first-order valence-corrected chi connectivity index (χ1v) is 11.9. The third-order valence-electron chi connectivity index (χ3n) is 7.94. The van der Waals surface area contributed by atoms with Crippen LogP contribution in [0.4, 0.5) is 19.0 Å². The molecule has 33 heavy (non-hydrogen) atoms. The molecule has 2 aromatic rings. The van der Waals surface area contributed by atoms with E-state index in [4.69, 9.17) is 15.6 Å². The van der Waals surface area contributed by atoms with Crippen molar-refractivity contribution in [1.82, 2.24) is 19.7 Å². The van der Waals surface area contributed by atoms with Crippen LogP contribution in [0.15, 0.2) is 18.3 Å². The quantitative estimate of drug-likeness (QED) is 0.694. The van der Waals surface area contributed by atoms with Crippen LogP contribution in [0.5, 0.6) is 0 Å². The van der Waals surface area contributed by atoms with Crippen molar-refractivity contribution in [3.8, 4) is 11.3 Å². The molecule has 180 valence electrons. The van der Waals surface area contributed by atoms with Gasteiger partial charge < -0.3 is 10.5 Å². The van der Waals surface area contributed by atoms with Gasteiger partial charge in [-0.25, -0.2) is 4.98 Å². The number of hydrogen-bond donors (Lipinski definition) is 1. The molecule has 9 heteroatoms. The maximum atomic E-state index is 13.4. The topological polar surface area (TPSA) is 69.2 Å². The SMILES string of the molecule is CCC(C)n1nc(-c2cnc(N)c(C(F)(F)F)c2)cc1C1C2CC(N3CCOCC3C)CC21. The second kappa shape index (κ2) is 8.27. The summed E-state index contributed by atoms with van der Waals surface area (Å²) in [6.07, 6.45) is 0.0815. The molecule has 0 amide bonds. The lowest BCUT2D eigenvalue weighted by molar-refractivity contribution is -0.137. The summed E-state index contributed by atoms with van der Waals surface area (Å²) in [4.78, 5) is 6.41. The Morgan fingerprint density at radius 2 is 1.97 bits per heavy atom. The van der Waals surface area contributed by atoms with Crippen LogP contribution in [0.3, 0.4) is 0 Å². The third kappa shape index (κ3) is 4.03. The van der Waals surface area contributed by atoms with Gasteiger partial charge >= 0.3 is 6.18 Å². The van der Waals surface area contributed by atoms with E-state index in [9.17, 15) is 13.2 Å². The van der Waals surface area contributed by atoms with E-state index in [1.807, 2.05) is 10.7 Å². The normalized spacial score (nSPS) is 30.9. The molecule has 0 aromatic carbocycles. The first kappa shape index (κ1) is 22.7.